The molecule has 0 fully saturated rings. The fraction of sp³-hybridized carbons (Fsp3) is 0.0714. The normalized spacial score (nSPS) is 10.8. The molecule has 0 aliphatic rings. The van der Waals surface area contributed by atoms with E-state index in [-0.39, 0.29) is 5.28 Å². The van der Waals surface area contributed by atoms with Crippen LogP contribution in [0.1, 0.15) is 5.56 Å². The van der Waals surface area contributed by atoms with Crippen molar-refractivity contribution in [3.63, 3.8) is 0 Å². The van der Waals surface area contributed by atoms with E-state index in [1.54, 1.807) is 12.4 Å². The standard InChI is InChI=1S/C14H10ClN3/c1-9-8-17-14(15)18-13(9)11-4-5-12-10(7-11)3-2-6-16-12/h2-8H,1H3. The third-order valence-electron chi connectivity index (χ3n) is 2.82. The van der Waals surface area contributed by atoms with Crippen LogP contribution in [0.5, 0.6) is 0 Å². The van der Waals surface area contributed by atoms with Crippen LogP contribution in [0.25, 0.3) is 22.2 Å². The molecule has 0 saturated carbocycles. The predicted molar refractivity (Wildman–Crippen MR) is 72.5 cm³/mol. The van der Waals surface area contributed by atoms with E-state index in [0.29, 0.717) is 0 Å². The van der Waals surface area contributed by atoms with E-state index in [0.717, 1.165) is 27.7 Å². The Balaban J connectivity index is 2.22. The molecule has 0 amide bonds. The Bertz CT molecular complexity index is 725. The molecule has 2 aromatic heterocycles. The first-order chi connectivity index (χ1) is 8.74. The Kier molecular flexibility index (Phi) is 2.68. The summed E-state index contributed by atoms with van der Waals surface area (Å²) in [5, 5.41) is 1.35. The summed E-state index contributed by atoms with van der Waals surface area (Å²) in [5.41, 5.74) is 3.86. The van der Waals surface area contributed by atoms with Crippen molar-refractivity contribution in [1.29, 1.82) is 0 Å². The first-order valence-electron chi connectivity index (χ1n) is 5.58. The molecule has 3 rings (SSSR count). The van der Waals surface area contributed by atoms with Gasteiger partial charge in [0, 0.05) is 23.3 Å². The maximum atomic E-state index is 5.85. The van der Waals surface area contributed by atoms with Gasteiger partial charge >= 0.3 is 0 Å². The molecule has 3 nitrogen and oxygen atoms in total. The summed E-state index contributed by atoms with van der Waals surface area (Å²) in [6, 6.07) is 10.0. The molecule has 4 heteroatoms. The second kappa shape index (κ2) is 4.35. The lowest BCUT2D eigenvalue weighted by atomic mass is 10.1. The van der Waals surface area contributed by atoms with Crippen molar-refractivity contribution in [3.05, 3.63) is 53.6 Å². The van der Waals surface area contributed by atoms with Crippen molar-refractivity contribution in [1.82, 2.24) is 15.0 Å². The number of hydrogen-bond donors (Lipinski definition) is 0. The van der Waals surface area contributed by atoms with E-state index in [1.807, 2.05) is 31.2 Å². The van der Waals surface area contributed by atoms with E-state index < -0.39 is 0 Å². The number of rotatable bonds is 1. The summed E-state index contributed by atoms with van der Waals surface area (Å²) in [7, 11) is 0. The molecule has 0 radical (unpaired) electrons. The lowest BCUT2D eigenvalue weighted by Gasteiger charge is -2.06. The monoisotopic (exact) mass is 255 g/mol. The van der Waals surface area contributed by atoms with Crippen molar-refractivity contribution in [2.45, 2.75) is 6.92 Å². The predicted octanol–water partition coefficient (Wildman–Crippen LogP) is 3.65. The molecule has 0 saturated heterocycles. The second-order valence-corrected chi connectivity index (χ2v) is 4.42. The third-order valence-corrected chi connectivity index (χ3v) is 3.00. The minimum absolute atomic E-state index is 0.266. The van der Waals surface area contributed by atoms with Crippen molar-refractivity contribution >= 4 is 22.5 Å². The van der Waals surface area contributed by atoms with Crippen molar-refractivity contribution < 1.29 is 0 Å². The van der Waals surface area contributed by atoms with Crippen LogP contribution in [0.2, 0.25) is 5.28 Å². The number of aryl methyl sites for hydroxylation is 1. The summed E-state index contributed by atoms with van der Waals surface area (Å²) in [4.78, 5) is 12.6. The second-order valence-electron chi connectivity index (χ2n) is 4.08. The molecule has 1 aromatic carbocycles. The van der Waals surface area contributed by atoms with Crippen molar-refractivity contribution in [3.8, 4) is 11.3 Å². The van der Waals surface area contributed by atoms with Gasteiger partial charge in [-0.15, -0.1) is 0 Å². The van der Waals surface area contributed by atoms with Crippen LogP contribution in [0.15, 0.2) is 42.7 Å². The molecule has 0 N–H and O–H groups in total. The summed E-state index contributed by atoms with van der Waals surface area (Å²) in [6.07, 6.45) is 3.52. The van der Waals surface area contributed by atoms with Crippen LogP contribution in [-0.4, -0.2) is 15.0 Å². The average molecular weight is 256 g/mol. The molecule has 18 heavy (non-hydrogen) atoms. The van der Waals surface area contributed by atoms with Gasteiger partial charge in [-0.2, -0.15) is 0 Å². The minimum Gasteiger partial charge on any atom is -0.256 e. The number of aromatic nitrogens is 3. The largest absolute Gasteiger partial charge is 0.256 e. The Morgan fingerprint density at radius 3 is 2.89 bits per heavy atom. The number of benzene rings is 1. The van der Waals surface area contributed by atoms with E-state index in [4.69, 9.17) is 11.6 Å². The molecule has 2 heterocycles. The zero-order valence-corrected chi connectivity index (χ0v) is 10.5. The van der Waals surface area contributed by atoms with Gasteiger partial charge in [-0.3, -0.25) is 4.98 Å². The first-order valence-corrected chi connectivity index (χ1v) is 5.96. The number of fused-ring (bicyclic) bond motifs is 1. The lowest BCUT2D eigenvalue weighted by molar-refractivity contribution is 1.13. The van der Waals surface area contributed by atoms with Gasteiger partial charge in [-0.25, -0.2) is 9.97 Å². The Labute approximate surface area is 109 Å². The molecule has 0 bridgehead atoms. The Morgan fingerprint density at radius 2 is 2.00 bits per heavy atom. The third kappa shape index (κ3) is 1.93. The fourth-order valence-electron chi connectivity index (χ4n) is 1.94. The quantitative estimate of drug-likeness (QED) is 0.623. The van der Waals surface area contributed by atoms with E-state index in [2.05, 4.69) is 21.0 Å². The summed E-state index contributed by atoms with van der Waals surface area (Å²) in [6.45, 7) is 1.97. The average Bonchev–Trinajstić information content (AvgIpc) is 2.41. The zero-order valence-electron chi connectivity index (χ0n) is 9.76. The molecule has 0 unspecified atom stereocenters. The van der Waals surface area contributed by atoms with Gasteiger partial charge in [0.2, 0.25) is 5.28 Å². The van der Waals surface area contributed by atoms with Gasteiger partial charge < -0.3 is 0 Å². The molecular formula is C14H10ClN3. The zero-order chi connectivity index (χ0) is 12.5. The maximum absolute atomic E-state index is 5.85. The van der Waals surface area contributed by atoms with Crippen molar-refractivity contribution in [2.75, 3.05) is 0 Å². The molecule has 88 valence electrons. The van der Waals surface area contributed by atoms with Gasteiger partial charge in [0.05, 0.1) is 11.2 Å². The SMILES string of the molecule is Cc1cnc(Cl)nc1-c1ccc2ncccc2c1. The molecule has 0 spiro atoms. The number of nitrogens with zero attached hydrogens (tertiary/aromatic N) is 3. The lowest BCUT2D eigenvalue weighted by Crippen LogP contribution is -1.91. The summed E-state index contributed by atoms with van der Waals surface area (Å²) < 4.78 is 0. The number of pyridine rings is 1. The highest BCUT2D eigenvalue weighted by atomic mass is 35.5. The summed E-state index contributed by atoms with van der Waals surface area (Å²) >= 11 is 5.85. The Hall–Kier alpha value is -2.00. The Morgan fingerprint density at radius 1 is 1.11 bits per heavy atom. The highest BCUT2D eigenvalue weighted by Gasteiger charge is 2.06. The van der Waals surface area contributed by atoms with Gasteiger partial charge in [0.1, 0.15) is 0 Å². The van der Waals surface area contributed by atoms with E-state index >= 15 is 0 Å². The van der Waals surface area contributed by atoms with Gasteiger partial charge in [0.25, 0.3) is 0 Å². The van der Waals surface area contributed by atoms with Crippen LogP contribution in [0, 0.1) is 6.92 Å². The van der Waals surface area contributed by atoms with E-state index in [1.165, 1.54) is 0 Å². The maximum Gasteiger partial charge on any atom is 0.222 e. The number of hydrogen-bond acceptors (Lipinski definition) is 3. The van der Waals surface area contributed by atoms with Crippen LogP contribution < -0.4 is 0 Å². The van der Waals surface area contributed by atoms with Crippen LogP contribution >= 0.6 is 11.6 Å². The first kappa shape index (κ1) is 11.1. The molecular weight excluding hydrogens is 246 g/mol. The van der Waals surface area contributed by atoms with Crippen LogP contribution in [0.3, 0.4) is 0 Å². The van der Waals surface area contributed by atoms with Crippen LogP contribution in [-0.2, 0) is 0 Å². The minimum atomic E-state index is 0.266. The number of halogens is 1. The van der Waals surface area contributed by atoms with Gasteiger partial charge in [-0.05, 0) is 42.3 Å². The van der Waals surface area contributed by atoms with Crippen molar-refractivity contribution in [2.24, 2.45) is 0 Å². The molecule has 3 aromatic rings. The van der Waals surface area contributed by atoms with E-state index in [9.17, 15) is 0 Å². The highest BCUT2D eigenvalue weighted by molar-refractivity contribution is 6.28. The smallest absolute Gasteiger partial charge is 0.222 e. The topological polar surface area (TPSA) is 38.7 Å². The molecule has 0 atom stereocenters. The highest BCUT2D eigenvalue weighted by Crippen LogP contribution is 2.25. The molecule has 0 aliphatic heterocycles. The summed E-state index contributed by atoms with van der Waals surface area (Å²) in [5.74, 6) is 0. The van der Waals surface area contributed by atoms with Gasteiger partial charge in [-0.1, -0.05) is 12.1 Å². The molecule has 0 aliphatic carbocycles. The van der Waals surface area contributed by atoms with Gasteiger partial charge in [0.15, 0.2) is 0 Å². The fourth-order valence-corrected chi connectivity index (χ4v) is 2.07. The van der Waals surface area contributed by atoms with Crippen LogP contribution in [0.4, 0.5) is 0 Å².